The third-order valence-electron chi connectivity index (χ3n) is 3.98. The lowest BCUT2D eigenvalue weighted by atomic mass is 10.2. The van der Waals surface area contributed by atoms with Crippen LogP contribution in [-0.2, 0) is 10.0 Å². The molecule has 0 amide bonds. The van der Waals surface area contributed by atoms with Crippen molar-refractivity contribution < 1.29 is 13.3 Å². The van der Waals surface area contributed by atoms with Crippen LogP contribution in [-0.4, -0.2) is 50.7 Å². The highest BCUT2D eigenvalue weighted by Crippen LogP contribution is 2.32. The van der Waals surface area contributed by atoms with Crippen molar-refractivity contribution in [1.29, 1.82) is 0 Å². The Morgan fingerprint density at radius 1 is 1.18 bits per heavy atom. The maximum Gasteiger partial charge on any atom is 0.293 e. The van der Waals surface area contributed by atoms with Gasteiger partial charge in [-0.15, -0.1) is 11.8 Å². The molecular weight excluding hydrogens is 400 g/mol. The number of anilines is 1. The lowest BCUT2D eigenvalue weighted by Gasteiger charge is -2.22. The van der Waals surface area contributed by atoms with Gasteiger partial charge in [0.15, 0.2) is 0 Å². The van der Waals surface area contributed by atoms with Gasteiger partial charge in [-0.05, 0) is 45.3 Å². The van der Waals surface area contributed by atoms with Crippen LogP contribution in [0.3, 0.4) is 0 Å². The Labute approximate surface area is 169 Å². The number of benzene rings is 2. The van der Waals surface area contributed by atoms with Crippen molar-refractivity contribution in [2.75, 3.05) is 31.7 Å². The fraction of sp³-hybridized carbons (Fsp3) is 0.333. The van der Waals surface area contributed by atoms with Crippen molar-refractivity contribution in [3.63, 3.8) is 0 Å². The Kier molecular flexibility index (Phi) is 7.81. The molecule has 0 aliphatic rings. The second-order valence-electron chi connectivity index (χ2n) is 6.51. The Bertz CT molecular complexity index is 905. The summed E-state index contributed by atoms with van der Waals surface area (Å²) in [5, 5.41) is 19.8. The maximum absolute atomic E-state index is 12.0. The Hall–Kier alpha value is -2.14. The van der Waals surface area contributed by atoms with Gasteiger partial charge < -0.3 is 10.2 Å². The first-order valence-corrected chi connectivity index (χ1v) is 11.1. The molecule has 2 rings (SSSR count). The Morgan fingerprint density at radius 3 is 2.43 bits per heavy atom. The third kappa shape index (κ3) is 6.48. The summed E-state index contributed by atoms with van der Waals surface area (Å²) in [5.41, 5.74) is -0.376. The van der Waals surface area contributed by atoms with E-state index in [-0.39, 0.29) is 22.3 Å². The highest BCUT2D eigenvalue weighted by molar-refractivity contribution is 7.99. The fourth-order valence-corrected chi connectivity index (χ4v) is 4.29. The number of thioether (sulfide) groups is 1. The summed E-state index contributed by atoms with van der Waals surface area (Å²) in [6.07, 6.45) is 0.670. The number of hydrogen-bond acceptors (Lipinski definition) is 7. The zero-order valence-corrected chi connectivity index (χ0v) is 17.4. The van der Waals surface area contributed by atoms with E-state index in [1.54, 1.807) is 11.8 Å². The minimum Gasteiger partial charge on any atom is -0.375 e. The molecule has 2 aromatic rings. The molecule has 1 atom stereocenters. The lowest BCUT2D eigenvalue weighted by Crippen LogP contribution is -2.29. The maximum atomic E-state index is 12.0. The number of para-hydroxylation sites is 1. The van der Waals surface area contributed by atoms with Crippen LogP contribution in [0.2, 0.25) is 0 Å². The normalized spacial score (nSPS) is 12.7. The molecule has 0 heterocycles. The smallest absolute Gasteiger partial charge is 0.293 e. The Morgan fingerprint density at radius 2 is 1.86 bits per heavy atom. The van der Waals surface area contributed by atoms with Crippen molar-refractivity contribution in [3.8, 4) is 0 Å². The van der Waals surface area contributed by atoms with Crippen molar-refractivity contribution >= 4 is 33.2 Å². The van der Waals surface area contributed by atoms with Gasteiger partial charge in [-0.25, -0.2) is 13.6 Å². The molecule has 0 saturated heterocycles. The van der Waals surface area contributed by atoms with Crippen LogP contribution in [0, 0.1) is 10.1 Å². The van der Waals surface area contributed by atoms with E-state index in [0.29, 0.717) is 12.2 Å². The zero-order valence-electron chi connectivity index (χ0n) is 15.7. The van der Waals surface area contributed by atoms with Crippen LogP contribution in [0.1, 0.15) is 6.42 Å². The van der Waals surface area contributed by atoms with Gasteiger partial charge >= 0.3 is 0 Å². The quantitative estimate of drug-likeness (QED) is 0.342. The van der Waals surface area contributed by atoms with Crippen LogP contribution in [0.25, 0.3) is 0 Å². The van der Waals surface area contributed by atoms with Crippen molar-refractivity contribution in [3.05, 3.63) is 58.6 Å². The van der Waals surface area contributed by atoms with Gasteiger partial charge in [0.25, 0.3) is 5.69 Å². The number of nitrogens with two attached hydrogens (primary N) is 1. The summed E-state index contributed by atoms with van der Waals surface area (Å²) in [5.74, 6) is 0.605. The van der Waals surface area contributed by atoms with E-state index in [1.807, 2.05) is 49.3 Å². The van der Waals surface area contributed by atoms with E-state index < -0.39 is 14.9 Å². The van der Waals surface area contributed by atoms with Crippen LogP contribution in [0.4, 0.5) is 11.4 Å². The highest BCUT2D eigenvalue weighted by atomic mass is 32.2. The Balaban J connectivity index is 2.32. The molecule has 8 nitrogen and oxygen atoms in total. The SMILES string of the molecule is CN(C)CC[C@H](CSc1ccccc1)Nc1c([N+](=O)[O-])cccc1S(N)(=O)=O. The van der Waals surface area contributed by atoms with E-state index in [9.17, 15) is 18.5 Å². The van der Waals surface area contributed by atoms with Gasteiger partial charge in [0, 0.05) is 22.8 Å². The zero-order chi connectivity index (χ0) is 20.7. The molecule has 3 N–H and O–H groups in total. The molecule has 0 fully saturated rings. The first-order valence-electron chi connectivity index (χ1n) is 8.58. The van der Waals surface area contributed by atoms with Gasteiger partial charge in [-0.2, -0.15) is 0 Å². The molecule has 0 aromatic heterocycles. The molecule has 10 heteroatoms. The summed E-state index contributed by atoms with van der Waals surface area (Å²) >= 11 is 1.60. The molecule has 0 unspecified atom stereocenters. The minimum atomic E-state index is -4.12. The summed E-state index contributed by atoms with van der Waals surface area (Å²) < 4.78 is 23.9. The van der Waals surface area contributed by atoms with E-state index in [2.05, 4.69) is 5.32 Å². The van der Waals surface area contributed by atoms with E-state index in [1.165, 1.54) is 18.2 Å². The van der Waals surface area contributed by atoms with Gasteiger partial charge in [0.1, 0.15) is 10.6 Å². The second-order valence-corrected chi connectivity index (χ2v) is 9.13. The number of rotatable bonds is 10. The third-order valence-corrected chi connectivity index (χ3v) is 6.10. The summed E-state index contributed by atoms with van der Waals surface area (Å²) in [7, 11) is -0.252. The van der Waals surface area contributed by atoms with Crippen LogP contribution in [0.5, 0.6) is 0 Å². The number of nitrogens with zero attached hydrogens (tertiary/aromatic N) is 2. The topological polar surface area (TPSA) is 119 Å². The van der Waals surface area contributed by atoms with Crippen LogP contribution >= 0.6 is 11.8 Å². The second kappa shape index (κ2) is 9.87. The highest BCUT2D eigenvalue weighted by Gasteiger charge is 2.25. The number of sulfonamides is 1. The van der Waals surface area contributed by atoms with Gasteiger partial charge in [-0.3, -0.25) is 10.1 Å². The molecule has 2 aromatic carbocycles. The fourth-order valence-electron chi connectivity index (χ4n) is 2.58. The van der Waals surface area contributed by atoms with Crippen LogP contribution in [0.15, 0.2) is 58.3 Å². The van der Waals surface area contributed by atoms with E-state index in [0.717, 1.165) is 11.4 Å². The molecule has 0 aliphatic heterocycles. The number of nitrogens with one attached hydrogen (secondary N) is 1. The van der Waals surface area contributed by atoms with Crippen molar-refractivity contribution in [2.45, 2.75) is 22.3 Å². The van der Waals surface area contributed by atoms with Crippen molar-refractivity contribution in [1.82, 2.24) is 4.90 Å². The molecule has 152 valence electrons. The van der Waals surface area contributed by atoms with Crippen molar-refractivity contribution in [2.24, 2.45) is 5.14 Å². The molecule has 0 radical (unpaired) electrons. The van der Waals surface area contributed by atoms with Crippen LogP contribution < -0.4 is 10.5 Å². The monoisotopic (exact) mass is 424 g/mol. The largest absolute Gasteiger partial charge is 0.375 e. The molecule has 0 aliphatic carbocycles. The average molecular weight is 425 g/mol. The first-order chi connectivity index (χ1) is 13.2. The van der Waals surface area contributed by atoms with Gasteiger partial charge in [-0.1, -0.05) is 24.3 Å². The average Bonchev–Trinajstić information content (AvgIpc) is 2.63. The number of hydrogen-bond donors (Lipinski definition) is 2. The first kappa shape index (κ1) is 22.2. The van der Waals surface area contributed by atoms with E-state index >= 15 is 0 Å². The number of nitro groups is 1. The predicted molar refractivity (Wildman–Crippen MR) is 112 cm³/mol. The predicted octanol–water partition coefficient (Wildman–Crippen LogP) is 2.77. The standard InChI is InChI=1S/C18H24N4O4S2/c1-21(2)12-11-14(13-27-15-7-4-3-5-8-15)20-18-16(22(23)24)9-6-10-17(18)28(19,25)26/h3-10,14,20H,11-13H2,1-2H3,(H2,19,25,26)/t14-/m1/s1. The molecular formula is C18H24N4O4S2. The summed E-state index contributed by atoms with van der Waals surface area (Å²) in [6, 6.07) is 13.4. The lowest BCUT2D eigenvalue weighted by molar-refractivity contribution is -0.384. The summed E-state index contributed by atoms with van der Waals surface area (Å²) in [4.78, 5) is 13.6. The molecule has 28 heavy (non-hydrogen) atoms. The molecule has 0 spiro atoms. The van der Waals surface area contributed by atoms with Gasteiger partial charge in [0.05, 0.1) is 4.92 Å². The van der Waals surface area contributed by atoms with E-state index in [4.69, 9.17) is 5.14 Å². The minimum absolute atomic E-state index is 0.0626. The molecule has 0 bridgehead atoms. The van der Waals surface area contributed by atoms with Gasteiger partial charge in [0.2, 0.25) is 10.0 Å². The number of primary sulfonamides is 1. The summed E-state index contributed by atoms with van der Waals surface area (Å²) in [6.45, 7) is 0.734. The number of nitro benzene ring substituents is 1. The molecule has 0 saturated carbocycles.